The van der Waals surface area contributed by atoms with Crippen molar-refractivity contribution in [1.29, 1.82) is 0 Å². The van der Waals surface area contributed by atoms with Gasteiger partial charge in [-0.3, -0.25) is 0 Å². The number of rotatable bonds is 7. The van der Waals surface area contributed by atoms with Gasteiger partial charge < -0.3 is 19.2 Å². The molecule has 0 aliphatic heterocycles. The Morgan fingerprint density at radius 1 is 1.29 bits per heavy atom. The zero-order chi connectivity index (χ0) is 15.2. The molecule has 0 amide bonds. The first-order valence-electron chi connectivity index (χ1n) is 6.89. The van der Waals surface area contributed by atoms with Gasteiger partial charge in [0.2, 0.25) is 0 Å². The minimum absolute atomic E-state index is 0.401. The lowest BCUT2D eigenvalue weighted by atomic mass is 10.2. The quantitative estimate of drug-likeness (QED) is 0.815. The van der Waals surface area contributed by atoms with Crippen LogP contribution >= 0.6 is 15.9 Å². The summed E-state index contributed by atoms with van der Waals surface area (Å²) >= 11 is 3.47. The summed E-state index contributed by atoms with van der Waals surface area (Å²) in [6.45, 7) is 6.21. The van der Waals surface area contributed by atoms with Gasteiger partial charge in [-0.05, 0) is 53.7 Å². The minimum Gasteiger partial charge on any atom is -0.497 e. The van der Waals surface area contributed by atoms with Gasteiger partial charge in [0.05, 0.1) is 11.6 Å². The van der Waals surface area contributed by atoms with E-state index in [0.717, 1.165) is 40.6 Å². The summed E-state index contributed by atoms with van der Waals surface area (Å²) in [6, 6.07) is 7.65. The predicted molar refractivity (Wildman–Crippen MR) is 85.9 cm³/mol. The molecule has 0 radical (unpaired) electrons. The Hall–Kier alpha value is -1.46. The van der Waals surface area contributed by atoms with Gasteiger partial charge in [0, 0.05) is 12.1 Å². The Bertz CT molecular complexity index is 595. The SMILES string of the molecule is CCNCc1cc(COc2ccc(OC)cc2Br)oc1C. The van der Waals surface area contributed by atoms with Crippen LogP contribution in [0.5, 0.6) is 11.5 Å². The van der Waals surface area contributed by atoms with E-state index in [1.807, 2.05) is 31.2 Å². The van der Waals surface area contributed by atoms with E-state index in [1.165, 1.54) is 5.56 Å². The molecule has 1 N–H and O–H groups in total. The third-order valence-corrected chi connectivity index (χ3v) is 3.77. The van der Waals surface area contributed by atoms with Crippen molar-refractivity contribution in [2.24, 2.45) is 0 Å². The molecule has 0 saturated heterocycles. The highest BCUT2D eigenvalue weighted by molar-refractivity contribution is 9.10. The van der Waals surface area contributed by atoms with Crippen LogP contribution in [0.1, 0.15) is 24.0 Å². The molecule has 0 aliphatic carbocycles. The molecule has 2 rings (SSSR count). The summed E-state index contributed by atoms with van der Waals surface area (Å²) in [7, 11) is 1.64. The number of hydrogen-bond donors (Lipinski definition) is 1. The number of methoxy groups -OCH3 is 1. The smallest absolute Gasteiger partial charge is 0.146 e. The highest BCUT2D eigenvalue weighted by Gasteiger charge is 2.09. The van der Waals surface area contributed by atoms with Gasteiger partial charge >= 0.3 is 0 Å². The number of aryl methyl sites for hydroxylation is 1. The minimum atomic E-state index is 0.401. The van der Waals surface area contributed by atoms with Crippen LogP contribution in [0.15, 0.2) is 33.2 Å². The monoisotopic (exact) mass is 353 g/mol. The average molecular weight is 354 g/mol. The van der Waals surface area contributed by atoms with E-state index in [9.17, 15) is 0 Å². The molecule has 0 spiro atoms. The van der Waals surface area contributed by atoms with Gasteiger partial charge in [0.1, 0.15) is 29.6 Å². The summed E-state index contributed by atoms with van der Waals surface area (Å²) in [6.07, 6.45) is 0. The van der Waals surface area contributed by atoms with Crippen LogP contribution in [-0.2, 0) is 13.2 Å². The lowest BCUT2D eigenvalue weighted by Gasteiger charge is -2.08. The molecular formula is C16H20BrNO3. The van der Waals surface area contributed by atoms with Crippen molar-refractivity contribution in [2.75, 3.05) is 13.7 Å². The summed E-state index contributed by atoms with van der Waals surface area (Å²) in [5, 5.41) is 3.29. The Balaban J connectivity index is 1.99. The lowest BCUT2D eigenvalue weighted by molar-refractivity contribution is 0.265. The van der Waals surface area contributed by atoms with E-state index < -0.39 is 0 Å². The summed E-state index contributed by atoms with van der Waals surface area (Å²) < 4.78 is 17.5. The number of benzene rings is 1. The molecule has 2 aromatic rings. The van der Waals surface area contributed by atoms with Gasteiger partial charge in [0.25, 0.3) is 0 Å². The van der Waals surface area contributed by atoms with Crippen LogP contribution in [0, 0.1) is 6.92 Å². The van der Waals surface area contributed by atoms with Crippen LogP contribution in [-0.4, -0.2) is 13.7 Å². The molecular weight excluding hydrogens is 334 g/mol. The maximum Gasteiger partial charge on any atom is 0.146 e. The maximum absolute atomic E-state index is 5.78. The molecule has 0 fully saturated rings. The zero-order valence-corrected chi connectivity index (χ0v) is 14.1. The second-order valence-corrected chi connectivity index (χ2v) is 5.51. The third kappa shape index (κ3) is 4.25. The van der Waals surface area contributed by atoms with Gasteiger partial charge in [-0.1, -0.05) is 6.92 Å². The van der Waals surface area contributed by atoms with E-state index >= 15 is 0 Å². The van der Waals surface area contributed by atoms with E-state index in [1.54, 1.807) is 7.11 Å². The Labute approximate surface area is 133 Å². The first kappa shape index (κ1) is 15.9. The van der Waals surface area contributed by atoms with Crippen molar-refractivity contribution in [3.63, 3.8) is 0 Å². The number of hydrogen-bond acceptors (Lipinski definition) is 4. The van der Waals surface area contributed by atoms with E-state index in [-0.39, 0.29) is 0 Å². The van der Waals surface area contributed by atoms with Crippen molar-refractivity contribution >= 4 is 15.9 Å². The Morgan fingerprint density at radius 2 is 2.10 bits per heavy atom. The highest BCUT2D eigenvalue weighted by Crippen LogP contribution is 2.30. The summed E-state index contributed by atoms with van der Waals surface area (Å²) in [5.41, 5.74) is 1.17. The molecule has 1 aromatic carbocycles. The summed E-state index contributed by atoms with van der Waals surface area (Å²) in [5.74, 6) is 3.31. The maximum atomic E-state index is 5.78. The number of halogens is 1. The van der Waals surface area contributed by atoms with E-state index in [2.05, 4.69) is 28.2 Å². The van der Waals surface area contributed by atoms with Crippen molar-refractivity contribution in [2.45, 2.75) is 27.0 Å². The van der Waals surface area contributed by atoms with Crippen LogP contribution in [0.3, 0.4) is 0 Å². The molecule has 0 unspecified atom stereocenters. The first-order chi connectivity index (χ1) is 10.1. The van der Waals surface area contributed by atoms with E-state index in [4.69, 9.17) is 13.9 Å². The third-order valence-electron chi connectivity index (χ3n) is 3.15. The highest BCUT2D eigenvalue weighted by atomic mass is 79.9. The Kier molecular flexibility index (Phi) is 5.70. The van der Waals surface area contributed by atoms with Gasteiger partial charge in [0.15, 0.2) is 0 Å². The molecule has 0 atom stereocenters. The van der Waals surface area contributed by atoms with Crippen LogP contribution in [0.4, 0.5) is 0 Å². The molecule has 0 aliphatic rings. The van der Waals surface area contributed by atoms with Gasteiger partial charge in [-0.2, -0.15) is 0 Å². The average Bonchev–Trinajstić information content (AvgIpc) is 2.84. The van der Waals surface area contributed by atoms with E-state index in [0.29, 0.717) is 6.61 Å². The van der Waals surface area contributed by atoms with Crippen LogP contribution in [0.25, 0.3) is 0 Å². The molecule has 0 saturated carbocycles. The predicted octanol–water partition coefficient (Wildman–Crippen LogP) is 4.05. The largest absolute Gasteiger partial charge is 0.497 e. The molecule has 114 valence electrons. The van der Waals surface area contributed by atoms with Gasteiger partial charge in [-0.15, -0.1) is 0 Å². The molecule has 1 heterocycles. The number of nitrogens with one attached hydrogen (secondary N) is 1. The fourth-order valence-corrected chi connectivity index (χ4v) is 2.44. The number of ether oxygens (including phenoxy) is 2. The fourth-order valence-electron chi connectivity index (χ4n) is 1.97. The molecule has 5 heteroatoms. The second-order valence-electron chi connectivity index (χ2n) is 4.66. The van der Waals surface area contributed by atoms with Crippen molar-refractivity contribution in [1.82, 2.24) is 5.32 Å². The topological polar surface area (TPSA) is 43.6 Å². The Morgan fingerprint density at radius 3 is 2.76 bits per heavy atom. The van der Waals surface area contributed by atoms with Crippen molar-refractivity contribution in [3.05, 3.63) is 45.8 Å². The lowest BCUT2D eigenvalue weighted by Crippen LogP contribution is -2.11. The zero-order valence-electron chi connectivity index (χ0n) is 12.5. The van der Waals surface area contributed by atoms with Crippen molar-refractivity contribution < 1.29 is 13.9 Å². The fraction of sp³-hybridized carbons (Fsp3) is 0.375. The van der Waals surface area contributed by atoms with Crippen LogP contribution < -0.4 is 14.8 Å². The van der Waals surface area contributed by atoms with Gasteiger partial charge in [-0.25, -0.2) is 0 Å². The number of furan rings is 1. The first-order valence-corrected chi connectivity index (χ1v) is 7.68. The second kappa shape index (κ2) is 7.52. The summed E-state index contributed by atoms with van der Waals surface area (Å²) in [4.78, 5) is 0. The van der Waals surface area contributed by atoms with Crippen LogP contribution in [0.2, 0.25) is 0 Å². The standard InChI is InChI=1S/C16H20BrNO3/c1-4-18-9-12-7-14(21-11(12)2)10-20-16-6-5-13(19-3)8-15(16)17/h5-8,18H,4,9-10H2,1-3H3. The molecule has 0 bridgehead atoms. The molecule has 1 aromatic heterocycles. The van der Waals surface area contributed by atoms with Crippen molar-refractivity contribution in [3.8, 4) is 11.5 Å². The molecule has 4 nitrogen and oxygen atoms in total. The normalized spacial score (nSPS) is 10.7. The molecule has 21 heavy (non-hydrogen) atoms.